The molecule has 0 aliphatic rings. The lowest BCUT2D eigenvalue weighted by Crippen LogP contribution is -2.23. The summed E-state index contributed by atoms with van der Waals surface area (Å²) in [5.74, 6) is -0.147. The van der Waals surface area contributed by atoms with Gasteiger partial charge in [0, 0.05) is 30.4 Å². The van der Waals surface area contributed by atoms with E-state index in [9.17, 15) is 4.79 Å². The molecule has 0 unspecified atom stereocenters. The van der Waals surface area contributed by atoms with Gasteiger partial charge in [0.2, 0.25) is 0 Å². The Hall–Kier alpha value is -2.67. The Morgan fingerprint density at radius 2 is 1.91 bits per heavy atom. The minimum absolute atomic E-state index is 0.147. The van der Waals surface area contributed by atoms with Gasteiger partial charge in [-0.2, -0.15) is 0 Å². The first-order valence-corrected chi connectivity index (χ1v) is 7.52. The van der Waals surface area contributed by atoms with Crippen LogP contribution in [0, 0.1) is 6.92 Å². The summed E-state index contributed by atoms with van der Waals surface area (Å²) >= 11 is 1.33. The van der Waals surface area contributed by atoms with E-state index in [1.807, 2.05) is 19.1 Å². The first-order valence-electron chi connectivity index (χ1n) is 6.64. The van der Waals surface area contributed by atoms with Gasteiger partial charge in [-0.1, -0.05) is 0 Å². The fourth-order valence-electron chi connectivity index (χ4n) is 2.01. The number of aryl methyl sites for hydroxylation is 1. The Morgan fingerprint density at radius 3 is 2.64 bits per heavy atom. The Morgan fingerprint density at radius 1 is 1.14 bits per heavy atom. The van der Waals surface area contributed by atoms with Crippen LogP contribution in [0.3, 0.4) is 0 Å². The van der Waals surface area contributed by atoms with E-state index in [2.05, 4.69) is 25.3 Å². The molecule has 6 nitrogen and oxygen atoms in total. The third kappa shape index (κ3) is 2.99. The number of hydrogen-bond acceptors (Lipinski definition) is 6. The number of aromatic nitrogens is 4. The number of pyridine rings is 1. The fourth-order valence-corrected chi connectivity index (χ4v) is 2.73. The van der Waals surface area contributed by atoms with Crippen LogP contribution in [0.1, 0.15) is 21.1 Å². The minimum Gasteiger partial charge on any atom is -0.346 e. The summed E-state index contributed by atoms with van der Waals surface area (Å²) < 4.78 is 0. The molecule has 0 saturated carbocycles. The van der Waals surface area contributed by atoms with Crippen LogP contribution >= 0.6 is 11.3 Å². The third-order valence-corrected chi connectivity index (χ3v) is 4.02. The Bertz CT molecular complexity index is 787. The molecule has 110 valence electrons. The van der Waals surface area contributed by atoms with Crippen molar-refractivity contribution in [1.29, 1.82) is 0 Å². The predicted octanol–water partition coefficient (Wildman–Crippen LogP) is 2.23. The standard InChI is InChI=1S/C15H13N5OS/c1-10-14(22-9-20-10)15(21)19-8-12-13(18-7-6-17-12)11-2-4-16-5-3-11/h2-7,9H,8H2,1H3,(H,19,21). The van der Waals surface area contributed by atoms with Crippen LogP contribution in [-0.4, -0.2) is 25.8 Å². The van der Waals surface area contributed by atoms with Crippen LogP contribution in [0.5, 0.6) is 0 Å². The topological polar surface area (TPSA) is 80.7 Å². The predicted molar refractivity (Wildman–Crippen MR) is 83.3 cm³/mol. The maximum atomic E-state index is 12.1. The van der Waals surface area contributed by atoms with E-state index in [0.29, 0.717) is 17.1 Å². The van der Waals surface area contributed by atoms with Crippen molar-refractivity contribution in [3.05, 3.63) is 58.7 Å². The highest BCUT2D eigenvalue weighted by Gasteiger charge is 2.13. The number of hydrogen-bond donors (Lipinski definition) is 1. The summed E-state index contributed by atoms with van der Waals surface area (Å²) in [7, 11) is 0. The highest BCUT2D eigenvalue weighted by Crippen LogP contribution is 2.18. The van der Waals surface area contributed by atoms with Crippen LogP contribution < -0.4 is 5.32 Å². The summed E-state index contributed by atoms with van der Waals surface area (Å²) in [6.07, 6.45) is 6.65. The van der Waals surface area contributed by atoms with E-state index in [4.69, 9.17) is 0 Å². The molecule has 3 rings (SSSR count). The Labute approximate surface area is 131 Å². The second-order valence-corrected chi connectivity index (χ2v) is 5.39. The van der Waals surface area contributed by atoms with Gasteiger partial charge >= 0.3 is 0 Å². The zero-order valence-electron chi connectivity index (χ0n) is 11.9. The average Bonchev–Trinajstić information content (AvgIpc) is 3.00. The molecule has 3 heterocycles. The monoisotopic (exact) mass is 311 g/mol. The smallest absolute Gasteiger partial charge is 0.263 e. The zero-order valence-corrected chi connectivity index (χ0v) is 12.7. The number of carbonyl (C=O) groups is 1. The average molecular weight is 311 g/mol. The molecule has 0 aromatic carbocycles. The van der Waals surface area contributed by atoms with Crippen LogP contribution in [0.2, 0.25) is 0 Å². The molecule has 3 aromatic rings. The van der Waals surface area contributed by atoms with E-state index in [-0.39, 0.29) is 5.91 Å². The number of carbonyl (C=O) groups excluding carboxylic acids is 1. The molecule has 0 aliphatic carbocycles. The number of thiazole rings is 1. The second-order valence-electron chi connectivity index (χ2n) is 4.54. The summed E-state index contributed by atoms with van der Waals surface area (Å²) in [6.45, 7) is 2.12. The molecule has 22 heavy (non-hydrogen) atoms. The van der Waals surface area contributed by atoms with E-state index in [1.165, 1.54) is 11.3 Å². The maximum Gasteiger partial charge on any atom is 0.263 e. The quantitative estimate of drug-likeness (QED) is 0.799. The molecule has 1 N–H and O–H groups in total. The van der Waals surface area contributed by atoms with Gasteiger partial charge in [0.25, 0.3) is 5.91 Å². The third-order valence-electron chi connectivity index (χ3n) is 3.10. The highest BCUT2D eigenvalue weighted by molar-refractivity contribution is 7.11. The van der Waals surface area contributed by atoms with Crippen molar-refractivity contribution in [2.45, 2.75) is 13.5 Å². The second kappa shape index (κ2) is 6.40. The first-order chi connectivity index (χ1) is 10.8. The zero-order chi connectivity index (χ0) is 15.4. The van der Waals surface area contributed by atoms with Gasteiger partial charge < -0.3 is 5.32 Å². The SMILES string of the molecule is Cc1ncsc1C(=O)NCc1nccnc1-c1ccncc1. The normalized spacial score (nSPS) is 10.4. The Kier molecular flexibility index (Phi) is 4.15. The van der Waals surface area contributed by atoms with Crippen molar-refractivity contribution in [2.24, 2.45) is 0 Å². The summed E-state index contributed by atoms with van der Waals surface area (Å²) in [4.78, 5) is 29.5. The largest absolute Gasteiger partial charge is 0.346 e. The molecule has 7 heteroatoms. The van der Waals surface area contributed by atoms with E-state index >= 15 is 0 Å². The summed E-state index contributed by atoms with van der Waals surface area (Å²) in [5, 5.41) is 2.87. The number of nitrogens with one attached hydrogen (secondary N) is 1. The molecular formula is C15H13N5OS. The lowest BCUT2D eigenvalue weighted by molar-refractivity contribution is 0.0953. The summed E-state index contributed by atoms with van der Waals surface area (Å²) in [6, 6.07) is 3.73. The number of rotatable bonds is 4. The molecule has 0 atom stereocenters. The first kappa shape index (κ1) is 14.3. The lowest BCUT2D eigenvalue weighted by Gasteiger charge is -2.08. The van der Waals surface area contributed by atoms with Gasteiger partial charge in [-0.15, -0.1) is 11.3 Å². The van der Waals surface area contributed by atoms with Crippen LogP contribution in [0.25, 0.3) is 11.3 Å². The molecule has 3 aromatic heterocycles. The van der Waals surface area contributed by atoms with Crippen LogP contribution in [0.4, 0.5) is 0 Å². The molecule has 0 spiro atoms. The van der Waals surface area contributed by atoms with Crippen molar-refractivity contribution in [1.82, 2.24) is 25.3 Å². The highest BCUT2D eigenvalue weighted by atomic mass is 32.1. The molecular weight excluding hydrogens is 298 g/mol. The van der Waals surface area contributed by atoms with Crippen LogP contribution in [0.15, 0.2) is 42.4 Å². The van der Waals surface area contributed by atoms with E-state index in [0.717, 1.165) is 17.0 Å². The van der Waals surface area contributed by atoms with Crippen molar-refractivity contribution in [3.63, 3.8) is 0 Å². The van der Waals surface area contributed by atoms with Crippen molar-refractivity contribution in [2.75, 3.05) is 0 Å². The van der Waals surface area contributed by atoms with Crippen molar-refractivity contribution < 1.29 is 4.79 Å². The fraction of sp³-hybridized carbons (Fsp3) is 0.133. The van der Waals surface area contributed by atoms with Crippen LogP contribution in [-0.2, 0) is 6.54 Å². The molecule has 0 fully saturated rings. The van der Waals surface area contributed by atoms with Gasteiger partial charge in [0.1, 0.15) is 4.88 Å². The van der Waals surface area contributed by atoms with E-state index < -0.39 is 0 Å². The van der Waals surface area contributed by atoms with Gasteiger partial charge in [-0.25, -0.2) is 4.98 Å². The van der Waals surface area contributed by atoms with Crippen molar-refractivity contribution >= 4 is 17.2 Å². The maximum absolute atomic E-state index is 12.1. The number of amides is 1. The van der Waals surface area contributed by atoms with Gasteiger partial charge in [-0.3, -0.25) is 19.7 Å². The van der Waals surface area contributed by atoms with Gasteiger partial charge in [0.15, 0.2) is 0 Å². The molecule has 0 aliphatic heterocycles. The minimum atomic E-state index is -0.147. The molecule has 0 bridgehead atoms. The summed E-state index contributed by atoms with van der Waals surface area (Å²) in [5.41, 5.74) is 4.77. The molecule has 0 saturated heterocycles. The lowest BCUT2D eigenvalue weighted by atomic mass is 10.1. The van der Waals surface area contributed by atoms with Gasteiger partial charge in [-0.05, 0) is 19.1 Å². The molecule has 0 radical (unpaired) electrons. The van der Waals surface area contributed by atoms with Crippen molar-refractivity contribution in [3.8, 4) is 11.3 Å². The Balaban J connectivity index is 1.79. The molecule has 1 amide bonds. The van der Waals surface area contributed by atoms with Gasteiger partial charge in [0.05, 0.1) is 29.1 Å². The number of nitrogens with zero attached hydrogens (tertiary/aromatic N) is 4. The van der Waals surface area contributed by atoms with E-state index in [1.54, 1.807) is 30.3 Å².